The van der Waals surface area contributed by atoms with Gasteiger partial charge in [0, 0.05) is 5.41 Å². The van der Waals surface area contributed by atoms with Crippen LogP contribution in [0, 0.1) is 5.41 Å². The second kappa shape index (κ2) is 6.78. The Labute approximate surface area is 96.8 Å². The van der Waals surface area contributed by atoms with Gasteiger partial charge in [0.05, 0.1) is 0 Å². The van der Waals surface area contributed by atoms with Crippen molar-refractivity contribution in [3.05, 3.63) is 0 Å². The van der Waals surface area contributed by atoms with Gasteiger partial charge in [-0.2, -0.15) is 0 Å². The molecule has 0 aromatic rings. The Kier molecular flexibility index (Phi) is 6.96. The minimum atomic E-state index is -0.201. The van der Waals surface area contributed by atoms with Crippen LogP contribution in [0.15, 0.2) is 0 Å². The minimum absolute atomic E-state index is 0.139. The van der Waals surface area contributed by atoms with Crippen molar-refractivity contribution in [3.8, 4) is 0 Å². The van der Waals surface area contributed by atoms with Crippen LogP contribution >= 0.6 is 23.5 Å². The lowest BCUT2D eigenvalue weighted by molar-refractivity contribution is -0.124. The van der Waals surface area contributed by atoms with Gasteiger partial charge in [-0.25, -0.2) is 0 Å². The molecule has 0 aliphatic heterocycles. The van der Waals surface area contributed by atoms with Gasteiger partial charge in [-0.3, -0.25) is 4.79 Å². The molecule has 14 heavy (non-hydrogen) atoms. The highest BCUT2D eigenvalue weighted by Crippen LogP contribution is 2.31. The first-order valence-corrected chi connectivity index (χ1v) is 7.30. The quantitative estimate of drug-likeness (QED) is 0.650. The van der Waals surface area contributed by atoms with Crippen LogP contribution in [-0.4, -0.2) is 21.9 Å². The maximum Gasteiger partial charge on any atom is 0.161 e. The van der Waals surface area contributed by atoms with Crippen molar-refractivity contribution in [2.24, 2.45) is 5.41 Å². The Morgan fingerprint density at radius 2 is 1.79 bits per heavy atom. The van der Waals surface area contributed by atoms with Crippen molar-refractivity contribution >= 4 is 29.3 Å². The van der Waals surface area contributed by atoms with E-state index in [-0.39, 0.29) is 10.00 Å². The molecule has 84 valence electrons. The number of carbonyl (C=O) groups is 1. The molecule has 0 aromatic heterocycles. The largest absolute Gasteiger partial charge is 0.297 e. The highest BCUT2D eigenvalue weighted by Gasteiger charge is 2.29. The van der Waals surface area contributed by atoms with E-state index in [4.69, 9.17) is 0 Å². The maximum atomic E-state index is 12.0. The Morgan fingerprint density at radius 1 is 1.21 bits per heavy atom. The van der Waals surface area contributed by atoms with Crippen LogP contribution in [0.5, 0.6) is 0 Å². The molecule has 0 bridgehead atoms. The summed E-state index contributed by atoms with van der Waals surface area (Å²) in [6, 6.07) is 0. The fraction of sp³-hybridized carbons (Fsp3) is 0.909. The van der Waals surface area contributed by atoms with Gasteiger partial charge in [0.2, 0.25) is 0 Å². The van der Waals surface area contributed by atoms with Gasteiger partial charge >= 0.3 is 0 Å². The Balaban J connectivity index is 4.25. The molecule has 0 saturated carbocycles. The highest BCUT2D eigenvalue weighted by molar-refractivity contribution is 8.18. The molecule has 1 nitrogen and oxygen atoms in total. The molecule has 3 heteroatoms. The normalized spacial score (nSPS) is 14.1. The molecule has 0 aliphatic carbocycles. The summed E-state index contributed by atoms with van der Waals surface area (Å²) in [6.45, 7) is 10.3. The van der Waals surface area contributed by atoms with Gasteiger partial charge in [-0.15, -0.1) is 23.5 Å². The molecule has 0 aromatic carbocycles. The molecule has 0 spiro atoms. The average Bonchev–Trinajstić information content (AvgIpc) is 2.09. The number of hydrogen-bond acceptors (Lipinski definition) is 3. The summed E-state index contributed by atoms with van der Waals surface area (Å²) >= 11 is 3.56. The summed E-state index contributed by atoms with van der Waals surface area (Å²) < 4.78 is 0.139. The summed E-state index contributed by atoms with van der Waals surface area (Å²) in [5, 5.41) is 0. The van der Waals surface area contributed by atoms with Crippen molar-refractivity contribution in [3.63, 3.8) is 0 Å². The van der Waals surface area contributed by atoms with Crippen LogP contribution in [-0.2, 0) is 4.79 Å². The molecule has 1 unspecified atom stereocenters. The van der Waals surface area contributed by atoms with Crippen LogP contribution < -0.4 is 0 Å². The topological polar surface area (TPSA) is 17.1 Å². The lowest BCUT2D eigenvalue weighted by atomic mass is 9.92. The first-order valence-electron chi connectivity index (χ1n) is 5.21. The number of thioether (sulfide) groups is 2. The summed E-state index contributed by atoms with van der Waals surface area (Å²) in [5.41, 5.74) is -0.201. The van der Waals surface area contributed by atoms with Gasteiger partial charge in [0.15, 0.2) is 5.78 Å². The van der Waals surface area contributed by atoms with Gasteiger partial charge in [0.1, 0.15) is 4.58 Å². The highest BCUT2D eigenvalue weighted by atomic mass is 32.2. The van der Waals surface area contributed by atoms with Crippen molar-refractivity contribution in [1.82, 2.24) is 0 Å². The number of rotatable bonds is 6. The molecule has 0 radical (unpaired) electrons. The van der Waals surface area contributed by atoms with E-state index >= 15 is 0 Å². The van der Waals surface area contributed by atoms with Crippen molar-refractivity contribution < 1.29 is 4.79 Å². The molecular formula is C11H22OS2. The molecule has 0 rings (SSSR count). The Morgan fingerprint density at radius 3 is 2.14 bits per heavy atom. The smallest absolute Gasteiger partial charge is 0.161 e. The maximum absolute atomic E-state index is 12.0. The van der Waals surface area contributed by atoms with E-state index in [9.17, 15) is 4.79 Å². The van der Waals surface area contributed by atoms with E-state index in [1.54, 1.807) is 23.5 Å². The van der Waals surface area contributed by atoms with Crippen LogP contribution in [0.4, 0.5) is 0 Å². The molecule has 1 atom stereocenters. The summed E-state index contributed by atoms with van der Waals surface area (Å²) in [4.78, 5) is 12.0. The van der Waals surface area contributed by atoms with Crippen LogP contribution in [0.1, 0.15) is 41.0 Å². The Bertz CT molecular complexity index is 173. The van der Waals surface area contributed by atoms with Crippen molar-refractivity contribution in [2.45, 2.75) is 45.6 Å². The molecule has 0 heterocycles. The van der Waals surface area contributed by atoms with E-state index in [1.165, 1.54) is 0 Å². The fourth-order valence-electron chi connectivity index (χ4n) is 0.929. The van der Waals surface area contributed by atoms with Gasteiger partial charge < -0.3 is 0 Å². The second-order valence-corrected chi connectivity index (χ2v) is 7.17. The molecule has 0 saturated heterocycles. The Hall–Kier alpha value is 0.370. The number of ketones is 1. The third-order valence-electron chi connectivity index (χ3n) is 1.74. The lowest BCUT2D eigenvalue weighted by Gasteiger charge is -2.23. The van der Waals surface area contributed by atoms with Crippen molar-refractivity contribution in [1.29, 1.82) is 0 Å². The van der Waals surface area contributed by atoms with E-state index in [0.29, 0.717) is 5.78 Å². The van der Waals surface area contributed by atoms with Crippen LogP contribution in [0.3, 0.4) is 0 Å². The van der Waals surface area contributed by atoms with Crippen LogP contribution in [0.25, 0.3) is 0 Å². The minimum Gasteiger partial charge on any atom is -0.297 e. The number of hydrogen-bond donors (Lipinski definition) is 0. The van der Waals surface area contributed by atoms with E-state index in [0.717, 1.165) is 17.9 Å². The standard InChI is InChI=1S/C11H22OS2/c1-6-8-14-10(13-7-2)9(12)11(3,4)5/h10H,6-8H2,1-5H3. The zero-order valence-electron chi connectivity index (χ0n) is 9.92. The first kappa shape index (κ1) is 14.4. The predicted octanol–water partition coefficient (Wildman–Crippen LogP) is 3.82. The molecule has 0 aliphatic rings. The first-order chi connectivity index (χ1) is 6.43. The lowest BCUT2D eigenvalue weighted by Crippen LogP contribution is -2.28. The third-order valence-corrected chi connectivity index (χ3v) is 4.57. The molecule has 0 N–H and O–H groups in total. The summed E-state index contributed by atoms with van der Waals surface area (Å²) in [7, 11) is 0. The summed E-state index contributed by atoms with van der Waals surface area (Å²) in [6.07, 6.45) is 1.14. The number of carbonyl (C=O) groups excluding carboxylic acids is 1. The van der Waals surface area contributed by atoms with Gasteiger partial charge in [-0.05, 0) is 17.9 Å². The zero-order valence-corrected chi connectivity index (χ0v) is 11.6. The van der Waals surface area contributed by atoms with E-state index in [2.05, 4.69) is 13.8 Å². The van der Waals surface area contributed by atoms with E-state index < -0.39 is 0 Å². The molecule has 0 fully saturated rings. The molecule has 0 amide bonds. The third kappa shape index (κ3) is 5.30. The van der Waals surface area contributed by atoms with Gasteiger partial charge in [-0.1, -0.05) is 34.6 Å². The SMILES string of the molecule is CCCSC(SCC)C(=O)C(C)(C)C. The summed E-state index contributed by atoms with van der Waals surface area (Å²) in [5.74, 6) is 2.48. The molecular weight excluding hydrogens is 212 g/mol. The second-order valence-electron chi connectivity index (χ2n) is 4.27. The van der Waals surface area contributed by atoms with Gasteiger partial charge in [0.25, 0.3) is 0 Å². The van der Waals surface area contributed by atoms with E-state index in [1.807, 2.05) is 20.8 Å². The number of Topliss-reactive ketones (excluding diaryl/α,β-unsaturated/α-hetero) is 1. The van der Waals surface area contributed by atoms with Crippen LogP contribution in [0.2, 0.25) is 0 Å². The zero-order chi connectivity index (χ0) is 11.2. The van der Waals surface area contributed by atoms with Crippen molar-refractivity contribution in [2.75, 3.05) is 11.5 Å². The monoisotopic (exact) mass is 234 g/mol. The predicted molar refractivity (Wildman–Crippen MR) is 69.1 cm³/mol. The fourth-order valence-corrected chi connectivity index (χ4v) is 3.77. The average molecular weight is 234 g/mol.